The van der Waals surface area contributed by atoms with Gasteiger partial charge in [-0.15, -0.1) is 5.10 Å². The molecule has 0 aromatic carbocycles. The molecule has 1 N–H and O–H groups in total. The number of nitrogens with one attached hydrogen (secondary N) is 1. The lowest BCUT2D eigenvalue weighted by atomic mass is 10.6. The van der Waals surface area contributed by atoms with E-state index in [1.54, 1.807) is 24.1 Å². The Bertz CT molecular complexity index is 596. The molecule has 6 nitrogen and oxygen atoms in total. The summed E-state index contributed by atoms with van der Waals surface area (Å²) in [5, 5.41) is 3.06. The summed E-state index contributed by atoms with van der Waals surface area (Å²) in [6, 6.07) is 1.85. The van der Waals surface area contributed by atoms with Crippen LogP contribution in [-0.4, -0.2) is 26.7 Å². The van der Waals surface area contributed by atoms with Gasteiger partial charge in [-0.05, 0) is 0 Å². The molecule has 6 heteroatoms. The number of hydrogen-bond acceptors (Lipinski definition) is 3. The minimum atomic E-state index is 0.713. The van der Waals surface area contributed by atoms with Crippen LogP contribution in [0.4, 0.5) is 0 Å². The van der Waals surface area contributed by atoms with Gasteiger partial charge in [0.15, 0.2) is 0 Å². The van der Waals surface area contributed by atoms with Gasteiger partial charge in [0.05, 0.1) is 24.0 Å². The number of H-pyrrole nitrogens is 1. The largest absolute Gasteiger partial charge is 0.444 e. The molecular weight excluding hydrogens is 182 g/mol. The summed E-state index contributed by atoms with van der Waals surface area (Å²) in [5.41, 5.74) is 1.50. The van der Waals surface area contributed by atoms with Crippen LogP contribution >= 0.6 is 0 Å². The third kappa shape index (κ3) is 0.769. The number of fused-ring (bicyclic) bond motifs is 3. The van der Waals surface area contributed by atoms with Crippen LogP contribution < -0.4 is 9.37 Å². The molecule has 3 rings (SSSR count). The average Bonchev–Trinajstić information content (AvgIpc) is 2.75. The lowest BCUT2D eigenvalue weighted by Gasteiger charge is -1.81. The van der Waals surface area contributed by atoms with Gasteiger partial charge in [-0.25, -0.2) is 9.97 Å². The van der Waals surface area contributed by atoms with Crippen molar-refractivity contribution in [2.75, 3.05) is 7.11 Å². The maximum Gasteiger partial charge on any atom is 0.424 e. The first kappa shape index (κ1) is 7.31. The topological polar surface area (TPSA) is 59.3 Å². The second-order valence-electron chi connectivity index (χ2n) is 2.85. The molecule has 0 unspecified atom stereocenters. The summed E-state index contributed by atoms with van der Waals surface area (Å²) >= 11 is 0. The van der Waals surface area contributed by atoms with Gasteiger partial charge in [0.2, 0.25) is 11.3 Å². The van der Waals surface area contributed by atoms with Crippen molar-refractivity contribution < 1.29 is 9.37 Å². The van der Waals surface area contributed by atoms with Crippen molar-refractivity contribution >= 4 is 11.3 Å². The zero-order valence-electron chi connectivity index (χ0n) is 7.51. The average molecular weight is 190 g/mol. The van der Waals surface area contributed by atoms with Crippen LogP contribution in [0.15, 0.2) is 24.7 Å². The highest BCUT2D eigenvalue weighted by atomic mass is 16.5. The zero-order valence-corrected chi connectivity index (χ0v) is 7.51. The molecular formula is C8H8N5O+. The molecule has 70 valence electrons. The number of nitrogens with zero attached hydrogens (tertiary/aromatic N) is 4. The first-order chi connectivity index (χ1) is 6.90. The molecule has 0 saturated heterocycles. The van der Waals surface area contributed by atoms with Gasteiger partial charge in [-0.1, -0.05) is 4.52 Å². The van der Waals surface area contributed by atoms with Crippen molar-refractivity contribution in [1.82, 2.24) is 19.6 Å². The van der Waals surface area contributed by atoms with E-state index in [1.165, 1.54) is 0 Å². The maximum atomic E-state index is 5.15. The van der Waals surface area contributed by atoms with Crippen molar-refractivity contribution in [2.45, 2.75) is 0 Å². The minimum absolute atomic E-state index is 0.713. The number of aromatic nitrogens is 5. The number of methoxy groups -OCH3 is 1. The summed E-state index contributed by atoms with van der Waals surface area (Å²) in [5.74, 6) is 0.713. The number of ether oxygens (including phenoxy) is 1. The molecule has 3 heterocycles. The van der Waals surface area contributed by atoms with E-state index >= 15 is 0 Å². The van der Waals surface area contributed by atoms with Gasteiger partial charge in [0, 0.05) is 12.4 Å². The number of aromatic amines is 1. The van der Waals surface area contributed by atoms with Crippen LogP contribution in [0.1, 0.15) is 0 Å². The molecule has 0 radical (unpaired) electrons. The van der Waals surface area contributed by atoms with Crippen LogP contribution in [0.3, 0.4) is 0 Å². The van der Waals surface area contributed by atoms with Crippen molar-refractivity contribution in [3.63, 3.8) is 0 Å². The smallest absolute Gasteiger partial charge is 0.424 e. The molecule has 0 saturated carbocycles. The summed E-state index contributed by atoms with van der Waals surface area (Å²) in [4.78, 5) is 8.36. The molecule has 0 aliphatic heterocycles. The van der Waals surface area contributed by atoms with Crippen molar-refractivity contribution in [2.24, 2.45) is 0 Å². The predicted octanol–water partition coefficient (Wildman–Crippen LogP) is -0.195. The molecule has 3 aromatic rings. The van der Waals surface area contributed by atoms with Gasteiger partial charge in [0.1, 0.15) is 0 Å². The van der Waals surface area contributed by atoms with E-state index in [0.717, 1.165) is 11.3 Å². The summed E-state index contributed by atoms with van der Waals surface area (Å²) in [6.45, 7) is 0. The summed E-state index contributed by atoms with van der Waals surface area (Å²) < 4.78 is 8.73. The SMILES string of the molecule is COc1ccn2c3nccnc3[nH][n+]12. The van der Waals surface area contributed by atoms with E-state index in [0.29, 0.717) is 5.88 Å². The fourth-order valence-corrected chi connectivity index (χ4v) is 1.48. The molecule has 3 aromatic heterocycles. The summed E-state index contributed by atoms with van der Waals surface area (Å²) in [6.07, 6.45) is 5.17. The van der Waals surface area contributed by atoms with Gasteiger partial charge < -0.3 is 4.74 Å². The van der Waals surface area contributed by atoms with Crippen LogP contribution in [0.25, 0.3) is 11.3 Å². The summed E-state index contributed by atoms with van der Waals surface area (Å²) in [7, 11) is 1.62. The van der Waals surface area contributed by atoms with Crippen LogP contribution in [0.2, 0.25) is 0 Å². The van der Waals surface area contributed by atoms with E-state index < -0.39 is 0 Å². The Morgan fingerprint density at radius 1 is 1.43 bits per heavy atom. The number of rotatable bonds is 1. The fourth-order valence-electron chi connectivity index (χ4n) is 1.48. The van der Waals surface area contributed by atoms with E-state index in [9.17, 15) is 0 Å². The van der Waals surface area contributed by atoms with Crippen LogP contribution in [0, 0.1) is 0 Å². The normalized spacial score (nSPS) is 11.2. The molecule has 0 fully saturated rings. The molecule has 0 bridgehead atoms. The fraction of sp³-hybridized carbons (Fsp3) is 0.125. The molecule has 14 heavy (non-hydrogen) atoms. The third-order valence-electron chi connectivity index (χ3n) is 2.10. The zero-order chi connectivity index (χ0) is 9.54. The lowest BCUT2D eigenvalue weighted by molar-refractivity contribution is -0.674. The standard InChI is InChI=1S/C8H8N5O/c1-14-6-2-5-12-8-7(11-13(6)12)9-3-4-10-8/h2-5H,1H3,(H,9,11)/q+1. The molecule has 0 amide bonds. The van der Waals surface area contributed by atoms with E-state index in [2.05, 4.69) is 15.1 Å². The maximum absolute atomic E-state index is 5.15. The highest BCUT2D eigenvalue weighted by Gasteiger charge is 2.18. The van der Waals surface area contributed by atoms with Crippen LogP contribution in [0.5, 0.6) is 5.88 Å². The van der Waals surface area contributed by atoms with Crippen molar-refractivity contribution in [1.29, 1.82) is 0 Å². The first-order valence-corrected chi connectivity index (χ1v) is 4.16. The predicted molar refractivity (Wildman–Crippen MR) is 47.0 cm³/mol. The molecule has 0 spiro atoms. The van der Waals surface area contributed by atoms with Gasteiger partial charge >= 0.3 is 5.88 Å². The van der Waals surface area contributed by atoms with Crippen molar-refractivity contribution in [3.8, 4) is 5.88 Å². The molecule has 0 atom stereocenters. The molecule has 0 aliphatic carbocycles. The Morgan fingerprint density at radius 3 is 3.14 bits per heavy atom. The van der Waals surface area contributed by atoms with E-state index in [4.69, 9.17) is 4.74 Å². The second kappa shape index (κ2) is 2.44. The number of hydrogen-bond donors (Lipinski definition) is 1. The monoisotopic (exact) mass is 190 g/mol. The first-order valence-electron chi connectivity index (χ1n) is 4.16. The Labute approximate surface area is 78.7 Å². The van der Waals surface area contributed by atoms with Gasteiger partial charge in [-0.2, -0.15) is 0 Å². The van der Waals surface area contributed by atoms with Crippen LogP contribution in [-0.2, 0) is 0 Å². The second-order valence-corrected chi connectivity index (χ2v) is 2.85. The quantitative estimate of drug-likeness (QED) is 0.541. The Kier molecular flexibility index (Phi) is 1.27. The van der Waals surface area contributed by atoms with Gasteiger partial charge in [0.25, 0.3) is 0 Å². The van der Waals surface area contributed by atoms with Crippen molar-refractivity contribution in [3.05, 3.63) is 24.7 Å². The highest BCUT2D eigenvalue weighted by molar-refractivity contribution is 5.62. The Balaban J connectivity index is 2.51. The Hall–Kier alpha value is -2.11. The van der Waals surface area contributed by atoms with Gasteiger partial charge in [-0.3, -0.25) is 0 Å². The Morgan fingerprint density at radius 2 is 2.29 bits per heavy atom. The minimum Gasteiger partial charge on any atom is -0.444 e. The lowest BCUT2D eigenvalue weighted by Crippen LogP contribution is -2.29. The van der Waals surface area contributed by atoms with E-state index in [1.807, 2.05) is 16.8 Å². The third-order valence-corrected chi connectivity index (χ3v) is 2.10. The highest BCUT2D eigenvalue weighted by Crippen LogP contribution is 2.06. The van der Waals surface area contributed by atoms with E-state index in [-0.39, 0.29) is 0 Å². The molecule has 0 aliphatic rings.